The van der Waals surface area contributed by atoms with Crippen molar-refractivity contribution < 1.29 is 19.1 Å². The number of nitrogens with zero attached hydrogens (tertiary/aromatic N) is 1. The van der Waals surface area contributed by atoms with Crippen molar-refractivity contribution in [1.82, 2.24) is 10.2 Å². The van der Waals surface area contributed by atoms with E-state index in [-0.39, 0.29) is 6.04 Å². The molecule has 2 saturated heterocycles. The Labute approximate surface area is 80.2 Å². The van der Waals surface area contributed by atoms with Gasteiger partial charge in [0.1, 0.15) is 0 Å². The lowest BCUT2D eigenvalue weighted by Gasteiger charge is -2.27. The molecule has 1 N–H and O–H groups in total. The first-order valence-electron chi connectivity index (χ1n) is 4.46. The lowest BCUT2D eigenvalue weighted by molar-refractivity contribution is -0.141. The van der Waals surface area contributed by atoms with E-state index in [1.54, 1.807) is 0 Å². The highest BCUT2D eigenvalue weighted by Gasteiger charge is 2.41. The molecule has 2 heterocycles. The molecular weight excluding hydrogens is 188 g/mol. The van der Waals surface area contributed by atoms with E-state index in [9.17, 15) is 14.4 Å². The van der Waals surface area contributed by atoms with Crippen LogP contribution in [0.15, 0.2) is 0 Å². The first-order valence-corrected chi connectivity index (χ1v) is 4.46. The molecule has 0 aromatic carbocycles. The Morgan fingerprint density at radius 1 is 1.21 bits per heavy atom. The first-order chi connectivity index (χ1) is 6.70. The average Bonchev–Trinajstić information content (AvgIpc) is 2.43. The van der Waals surface area contributed by atoms with Crippen molar-refractivity contribution >= 4 is 17.8 Å². The number of carbonyl (C=O) groups excluding carboxylic acids is 3. The van der Waals surface area contributed by atoms with Crippen LogP contribution in [0.1, 0.15) is 12.8 Å². The number of rotatable bonds is 1. The second-order valence-corrected chi connectivity index (χ2v) is 3.28. The first kappa shape index (κ1) is 9.14. The van der Waals surface area contributed by atoms with Crippen LogP contribution < -0.4 is 5.32 Å². The summed E-state index contributed by atoms with van der Waals surface area (Å²) in [4.78, 5) is 34.4. The van der Waals surface area contributed by atoms with Crippen molar-refractivity contribution in [3.8, 4) is 0 Å². The number of urea groups is 1. The van der Waals surface area contributed by atoms with Gasteiger partial charge in [-0.15, -0.1) is 0 Å². The van der Waals surface area contributed by atoms with Gasteiger partial charge in [0.15, 0.2) is 0 Å². The fraction of sp³-hybridized carbons (Fsp3) is 0.625. The second kappa shape index (κ2) is 3.38. The van der Waals surface area contributed by atoms with Crippen LogP contribution in [0.3, 0.4) is 0 Å². The Hall–Kier alpha value is -1.43. The van der Waals surface area contributed by atoms with Gasteiger partial charge in [0.25, 0.3) is 0 Å². The van der Waals surface area contributed by atoms with Crippen molar-refractivity contribution in [2.45, 2.75) is 18.9 Å². The smallest absolute Gasteiger partial charge is 0.331 e. The lowest BCUT2D eigenvalue weighted by atomic mass is 10.1. The Morgan fingerprint density at radius 3 is 2.36 bits per heavy atom. The molecule has 0 unspecified atom stereocenters. The van der Waals surface area contributed by atoms with E-state index in [1.807, 2.05) is 5.32 Å². The van der Waals surface area contributed by atoms with Crippen molar-refractivity contribution in [2.75, 3.05) is 13.2 Å². The van der Waals surface area contributed by atoms with Crippen molar-refractivity contribution in [3.05, 3.63) is 0 Å². The Bertz CT molecular complexity index is 296. The Kier molecular flexibility index (Phi) is 2.20. The minimum atomic E-state index is -0.832. The lowest BCUT2D eigenvalue weighted by Crippen LogP contribution is -2.43. The molecule has 0 saturated carbocycles. The van der Waals surface area contributed by atoms with Gasteiger partial charge in [-0.1, -0.05) is 0 Å². The van der Waals surface area contributed by atoms with Crippen molar-refractivity contribution in [2.24, 2.45) is 0 Å². The van der Waals surface area contributed by atoms with Crippen LogP contribution in [-0.4, -0.2) is 42.0 Å². The highest BCUT2D eigenvalue weighted by molar-refractivity contribution is 6.44. The summed E-state index contributed by atoms with van der Waals surface area (Å²) in [5.41, 5.74) is 0. The molecule has 0 radical (unpaired) electrons. The van der Waals surface area contributed by atoms with E-state index < -0.39 is 17.8 Å². The highest BCUT2D eigenvalue weighted by atomic mass is 16.5. The predicted octanol–water partition coefficient (Wildman–Crippen LogP) is -0.756. The molecule has 0 aromatic rings. The van der Waals surface area contributed by atoms with Crippen LogP contribution in [0.25, 0.3) is 0 Å². The second-order valence-electron chi connectivity index (χ2n) is 3.28. The molecule has 0 atom stereocenters. The van der Waals surface area contributed by atoms with Gasteiger partial charge < -0.3 is 4.74 Å². The van der Waals surface area contributed by atoms with Crippen LogP contribution in [0, 0.1) is 0 Å². The summed E-state index contributed by atoms with van der Waals surface area (Å²) in [5.74, 6) is -1.58. The third-order valence-electron chi connectivity index (χ3n) is 2.41. The zero-order chi connectivity index (χ0) is 10.1. The molecule has 4 amide bonds. The van der Waals surface area contributed by atoms with E-state index in [0.717, 1.165) is 4.90 Å². The third-order valence-corrected chi connectivity index (χ3v) is 2.41. The van der Waals surface area contributed by atoms with Crippen molar-refractivity contribution in [3.63, 3.8) is 0 Å². The van der Waals surface area contributed by atoms with Crippen LogP contribution in [0.5, 0.6) is 0 Å². The zero-order valence-electron chi connectivity index (χ0n) is 7.49. The van der Waals surface area contributed by atoms with Gasteiger partial charge in [-0.05, 0) is 12.8 Å². The molecule has 0 aromatic heterocycles. The molecule has 2 aliphatic rings. The minimum absolute atomic E-state index is 0.192. The summed E-state index contributed by atoms with van der Waals surface area (Å²) >= 11 is 0. The monoisotopic (exact) mass is 198 g/mol. The maximum atomic E-state index is 11.3. The van der Waals surface area contributed by atoms with E-state index in [2.05, 4.69) is 0 Å². The largest absolute Gasteiger partial charge is 0.381 e. The predicted molar refractivity (Wildman–Crippen MR) is 44.2 cm³/mol. The Morgan fingerprint density at radius 2 is 1.86 bits per heavy atom. The number of hydrogen-bond donors (Lipinski definition) is 1. The number of amides is 4. The molecule has 6 heteroatoms. The number of imide groups is 2. The molecule has 2 aliphatic heterocycles. The molecule has 0 bridgehead atoms. The fourth-order valence-electron chi connectivity index (χ4n) is 1.69. The summed E-state index contributed by atoms with van der Waals surface area (Å²) in [6.45, 7) is 1.05. The summed E-state index contributed by atoms with van der Waals surface area (Å²) in [6.07, 6.45) is 1.21. The fourth-order valence-corrected chi connectivity index (χ4v) is 1.69. The maximum Gasteiger partial charge on any atom is 0.331 e. The van der Waals surface area contributed by atoms with E-state index in [0.29, 0.717) is 26.1 Å². The van der Waals surface area contributed by atoms with Crippen LogP contribution in [-0.2, 0) is 14.3 Å². The molecular formula is C8H10N2O4. The molecule has 6 nitrogen and oxygen atoms in total. The van der Waals surface area contributed by atoms with Crippen LogP contribution >= 0.6 is 0 Å². The van der Waals surface area contributed by atoms with Gasteiger partial charge in [0.05, 0.1) is 0 Å². The van der Waals surface area contributed by atoms with E-state index in [1.165, 1.54) is 0 Å². The average molecular weight is 198 g/mol. The van der Waals surface area contributed by atoms with Gasteiger partial charge in [-0.3, -0.25) is 19.8 Å². The number of carbonyl (C=O) groups is 3. The number of hydrogen-bond acceptors (Lipinski definition) is 4. The third kappa shape index (κ3) is 1.37. The molecule has 2 fully saturated rings. The summed E-state index contributed by atoms with van der Waals surface area (Å²) < 4.78 is 5.10. The highest BCUT2D eigenvalue weighted by Crippen LogP contribution is 2.17. The van der Waals surface area contributed by atoms with Crippen LogP contribution in [0.4, 0.5) is 4.79 Å². The topological polar surface area (TPSA) is 75.7 Å². The van der Waals surface area contributed by atoms with Gasteiger partial charge in [0.2, 0.25) is 0 Å². The van der Waals surface area contributed by atoms with Gasteiger partial charge in [-0.2, -0.15) is 0 Å². The van der Waals surface area contributed by atoms with Crippen LogP contribution in [0.2, 0.25) is 0 Å². The molecule has 2 rings (SSSR count). The minimum Gasteiger partial charge on any atom is -0.381 e. The zero-order valence-corrected chi connectivity index (χ0v) is 7.49. The van der Waals surface area contributed by atoms with E-state index >= 15 is 0 Å². The van der Waals surface area contributed by atoms with Crippen molar-refractivity contribution in [1.29, 1.82) is 0 Å². The molecule has 14 heavy (non-hydrogen) atoms. The van der Waals surface area contributed by atoms with Gasteiger partial charge in [-0.25, -0.2) is 4.79 Å². The quantitative estimate of drug-likeness (QED) is 0.444. The van der Waals surface area contributed by atoms with Gasteiger partial charge >= 0.3 is 17.8 Å². The number of nitrogens with one attached hydrogen (secondary N) is 1. The maximum absolute atomic E-state index is 11.3. The summed E-state index contributed by atoms with van der Waals surface area (Å²) in [7, 11) is 0. The summed E-state index contributed by atoms with van der Waals surface area (Å²) in [6, 6.07) is -0.797. The number of ether oxygens (including phenoxy) is 1. The molecule has 76 valence electrons. The normalized spacial score (nSPS) is 24.3. The Balaban J connectivity index is 2.12. The standard InChI is InChI=1S/C8H10N2O4/c11-6-7(12)10(8(13)9-6)5-1-3-14-4-2-5/h5H,1-4H2,(H,9,11,13). The van der Waals surface area contributed by atoms with E-state index in [4.69, 9.17) is 4.74 Å². The molecule has 0 aliphatic carbocycles. The molecule has 0 spiro atoms. The summed E-state index contributed by atoms with van der Waals surface area (Å²) in [5, 5.41) is 1.97. The SMILES string of the molecule is O=C1NC(=O)N(C2CCOCC2)C1=O. The van der Waals surface area contributed by atoms with Gasteiger partial charge in [0, 0.05) is 19.3 Å².